The van der Waals surface area contributed by atoms with Crippen LogP contribution in [0.2, 0.25) is 0 Å². The number of anilines is 3. The van der Waals surface area contributed by atoms with E-state index in [0.717, 1.165) is 35.5 Å². The molecule has 4 rings (SSSR count). The van der Waals surface area contributed by atoms with Gasteiger partial charge in [-0.15, -0.1) is 0 Å². The molecule has 0 aliphatic carbocycles. The average Bonchev–Trinajstić information content (AvgIpc) is 3.25. The minimum atomic E-state index is -0.210. The van der Waals surface area contributed by atoms with E-state index in [9.17, 15) is 9.59 Å². The van der Waals surface area contributed by atoms with Crippen molar-refractivity contribution in [1.82, 2.24) is 4.90 Å². The molecule has 3 aromatic carbocycles. The Morgan fingerprint density at radius 3 is 2.15 bits per heavy atom. The zero-order valence-electron chi connectivity index (χ0n) is 23.9. The summed E-state index contributed by atoms with van der Waals surface area (Å²) in [6.45, 7) is 7.92. The van der Waals surface area contributed by atoms with Crippen molar-refractivity contribution in [2.24, 2.45) is 0 Å². The first-order valence-electron chi connectivity index (χ1n) is 13.7. The summed E-state index contributed by atoms with van der Waals surface area (Å²) in [5, 5.41) is 6.49. The first-order chi connectivity index (χ1) is 19.3. The fraction of sp³-hybridized carbons (Fsp3) is 0.312. The molecular weight excluding hydrogens is 504 g/mol. The van der Waals surface area contributed by atoms with E-state index in [-0.39, 0.29) is 11.8 Å². The number of ether oxygens (including phenoxy) is 2. The summed E-state index contributed by atoms with van der Waals surface area (Å²) >= 11 is 0. The number of hydrogen-bond donors (Lipinski definition) is 2. The predicted molar refractivity (Wildman–Crippen MR) is 162 cm³/mol. The van der Waals surface area contributed by atoms with Gasteiger partial charge in [0.1, 0.15) is 0 Å². The number of nitrogens with zero attached hydrogens (tertiary/aromatic N) is 2. The molecule has 0 bridgehead atoms. The molecule has 8 nitrogen and oxygen atoms in total. The Kier molecular flexibility index (Phi) is 9.45. The van der Waals surface area contributed by atoms with Crippen LogP contribution < -0.4 is 25.0 Å². The molecule has 1 aliphatic rings. The lowest BCUT2D eigenvalue weighted by Crippen LogP contribution is -2.31. The molecule has 0 spiro atoms. The molecule has 0 saturated heterocycles. The van der Waals surface area contributed by atoms with Gasteiger partial charge in [0.15, 0.2) is 11.5 Å². The molecule has 0 radical (unpaired) electrons. The lowest BCUT2D eigenvalue weighted by Gasteiger charge is -2.23. The number of nitrogens with one attached hydrogen (secondary N) is 2. The standard InChI is InChI=1S/C32H38N4O4/c1-6-39-28-20-26-27(21-29(28)40-7-2)34-32(38)30(26)31(23-12-9-8-10-13-23)33-24-14-16-25(17-15-24)36(22(3)37)19-11-18-35(4)5/h8-10,12-17,20-21,33H,6-7,11,18-19H2,1-5H3,(H,34,38). The summed E-state index contributed by atoms with van der Waals surface area (Å²) in [7, 11) is 4.05. The fourth-order valence-corrected chi connectivity index (χ4v) is 4.73. The Balaban J connectivity index is 1.72. The van der Waals surface area contributed by atoms with Crippen molar-refractivity contribution in [3.05, 3.63) is 77.9 Å². The maximum atomic E-state index is 13.4. The van der Waals surface area contributed by atoms with E-state index >= 15 is 0 Å². The van der Waals surface area contributed by atoms with E-state index < -0.39 is 0 Å². The van der Waals surface area contributed by atoms with Gasteiger partial charge in [0.25, 0.3) is 5.91 Å². The Morgan fingerprint density at radius 2 is 1.55 bits per heavy atom. The summed E-state index contributed by atoms with van der Waals surface area (Å²) < 4.78 is 11.6. The first kappa shape index (κ1) is 28.7. The number of rotatable bonds is 12. The van der Waals surface area contributed by atoms with Crippen LogP contribution in [0.15, 0.2) is 66.7 Å². The summed E-state index contributed by atoms with van der Waals surface area (Å²) in [4.78, 5) is 29.7. The summed E-state index contributed by atoms with van der Waals surface area (Å²) in [5.74, 6) is 0.975. The van der Waals surface area contributed by atoms with Gasteiger partial charge in [0, 0.05) is 36.5 Å². The van der Waals surface area contributed by atoms with Crippen LogP contribution in [0.4, 0.5) is 17.1 Å². The number of benzene rings is 3. The predicted octanol–water partition coefficient (Wildman–Crippen LogP) is 5.72. The molecule has 2 N–H and O–H groups in total. The van der Waals surface area contributed by atoms with Crippen molar-refractivity contribution in [1.29, 1.82) is 0 Å². The molecule has 3 aromatic rings. The van der Waals surface area contributed by atoms with E-state index in [1.54, 1.807) is 11.8 Å². The number of fused-ring (bicyclic) bond motifs is 1. The summed E-state index contributed by atoms with van der Waals surface area (Å²) in [5.41, 5.74) is 5.10. The molecule has 0 saturated carbocycles. The van der Waals surface area contributed by atoms with Gasteiger partial charge in [-0.05, 0) is 76.8 Å². The smallest absolute Gasteiger partial charge is 0.258 e. The first-order valence-corrected chi connectivity index (χ1v) is 13.7. The monoisotopic (exact) mass is 542 g/mol. The van der Waals surface area contributed by atoms with Crippen LogP contribution in [-0.4, -0.2) is 57.1 Å². The van der Waals surface area contributed by atoms with E-state index in [0.29, 0.717) is 48.2 Å². The number of carbonyl (C=O) groups is 2. The van der Waals surface area contributed by atoms with Gasteiger partial charge in [-0.25, -0.2) is 0 Å². The Hall–Kier alpha value is -4.30. The second kappa shape index (κ2) is 13.2. The Morgan fingerprint density at radius 1 is 0.900 bits per heavy atom. The highest BCUT2D eigenvalue weighted by Crippen LogP contribution is 2.43. The summed E-state index contributed by atoms with van der Waals surface area (Å²) in [6, 6.07) is 21.2. The van der Waals surface area contributed by atoms with Crippen LogP contribution in [0.25, 0.3) is 11.3 Å². The maximum Gasteiger partial charge on any atom is 0.258 e. The van der Waals surface area contributed by atoms with Crippen LogP contribution in [-0.2, 0) is 9.59 Å². The van der Waals surface area contributed by atoms with Crippen LogP contribution in [0.1, 0.15) is 38.3 Å². The Bertz CT molecular complexity index is 1370. The van der Waals surface area contributed by atoms with Crippen molar-refractivity contribution in [3.63, 3.8) is 0 Å². The molecule has 8 heteroatoms. The number of hydrogen-bond acceptors (Lipinski definition) is 6. The normalized spacial score (nSPS) is 13.5. The van der Waals surface area contributed by atoms with E-state index in [2.05, 4.69) is 15.5 Å². The molecule has 1 heterocycles. The molecule has 1 aliphatic heterocycles. The molecular formula is C32H38N4O4. The minimum Gasteiger partial charge on any atom is -0.490 e. The van der Waals surface area contributed by atoms with Crippen LogP contribution in [0, 0.1) is 0 Å². The van der Waals surface area contributed by atoms with Crippen molar-refractivity contribution in [2.75, 3.05) is 55.9 Å². The van der Waals surface area contributed by atoms with Crippen molar-refractivity contribution in [2.45, 2.75) is 27.2 Å². The quantitative estimate of drug-likeness (QED) is 0.285. The minimum absolute atomic E-state index is 0.00214. The van der Waals surface area contributed by atoms with E-state index in [4.69, 9.17) is 9.47 Å². The largest absolute Gasteiger partial charge is 0.490 e. The second-order valence-corrected chi connectivity index (χ2v) is 9.78. The molecule has 0 unspecified atom stereocenters. The van der Waals surface area contributed by atoms with Crippen molar-refractivity contribution < 1.29 is 19.1 Å². The molecule has 0 atom stereocenters. The lowest BCUT2D eigenvalue weighted by molar-refractivity contribution is -0.116. The second-order valence-electron chi connectivity index (χ2n) is 9.78. The van der Waals surface area contributed by atoms with Crippen LogP contribution in [0.3, 0.4) is 0 Å². The van der Waals surface area contributed by atoms with E-state index in [1.807, 2.05) is 94.7 Å². The third-order valence-corrected chi connectivity index (χ3v) is 6.56. The average molecular weight is 543 g/mol. The molecule has 0 aromatic heterocycles. The topological polar surface area (TPSA) is 83.1 Å². The molecule has 2 amide bonds. The zero-order chi connectivity index (χ0) is 28.6. The molecule has 210 valence electrons. The van der Waals surface area contributed by atoms with Gasteiger partial charge in [0.05, 0.1) is 30.2 Å². The summed E-state index contributed by atoms with van der Waals surface area (Å²) in [6.07, 6.45) is 0.875. The third kappa shape index (κ3) is 6.63. The van der Waals surface area contributed by atoms with Crippen molar-refractivity contribution >= 4 is 40.1 Å². The lowest BCUT2D eigenvalue weighted by atomic mass is 9.99. The van der Waals surface area contributed by atoms with Crippen molar-refractivity contribution in [3.8, 4) is 11.5 Å². The van der Waals surface area contributed by atoms with Gasteiger partial charge in [0.2, 0.25) is 5.91 Å². The Labute approximate surface area is 236 Å². The molecule has 0 fully saturated rings. The van der Waals surface area contributed by atoms with Gasteiger partial charge < -0.3 is 29.9 Å². The highest BCUT2D eigenvalue weighted by molar-refractivity contribution is 6.37. The zero-order valence-corrected chi connectivity index (χ0v) is 23.9. The molecule has 40 heavy (non-hydrogen) atoms. The van der Waals surface area contributed by atoms with Gasteiger partial charge in [-0.2, -0.15) is 0 Å². The highest BCUT2D eigenvalue weighted by atomic mass is 16.5. The van der Waals surface area contributed by atoms with Gasteiger partial charge >= 0.3 is 0 Å². The highest BCUT2D eigenvalue weighted by Gasteiger charge is 2.30. The van der Waals surface area contributed by atoms with Crippen LogP contribution in [0.5, 0.6) is 11.5 Å². The van der Waals surface area contributed by atoms with Gasteiger partial charge in [-0.3, -0.25) is 9.59 Å². The maximum absolute atomic E-state index is 13.4. The van der Waals surface area contributed by atoms with Gasteiger partial charge in [-0.1, -0.05) is 30.3 Å². The number of amides is 2. The third-order valence-electron chi connectivity index (χ3n) is 6.56. The SMILES string of the molecule is CCOc1cc2c(cc1OCC)C(=C(Nc1ccc(N(CCCN(C)C)C(C)=O)cc1)c1ccccc1)C(=O)N2. The number of carbonyl (C=O) groups excluding carboxylic acids is 2. The van der Waals surface area contributed by atoms with Crippen LogP contribution >= 0.6 is 0 Å². The fourth-order valence-electron chi connectivity index (χ4n) is 4.73. The van der Waals surface area contributed by atoms with E-state index in [1.165, 1.54) is 0 Å².